The Morgan fingerprint density at radius 3 is 2.23 bits per heavy atom. The van der Waals surface area contributed by atoms with Crippen molar-refractivity contribution in [3.63, 3.8) is 0 Å². The van der Waals surface area contributed by atoms with Crippen LogP contribution in [-0.2, 0) is 16.8 Å². The van der Waals surface area contributed by atoms with Crippen LogP contribution >= 0.6 is 0 Å². The molecule has 0 aromatic heterocycles. The van der Waals surface area contributed by atoms with Crippen molar-refractivity contribution in [1.29, 1.82) is 0 Å². The van der Waals surface area contributed by atoms with Gasteiger partial charge < -0.3 is 15.4 Å². The predicted molar refractivity (Wildman–Crippen MR) is 104 cm³/mol. The Morgan fingerprint density at radius 1 is 1.04 bits per heavy atom. The van der Waals surface area contributed by atoms with E-state index in [2.05, 4.69) is 31.4 Å². The first-order chi connectivity index (χ1) is 12.2. The number of benzene rings is 2. The van der Waals surface area contributed by atoms with Gasteiger partial charge in [-0.05, 0) is 40.8 Å². The van der Waals surface area contributed by atoms with Crippen LogP contribution in [0.5, 0.6) is 5.75 Å². The van der Waals surface area contributed by atoms with Gasteiger partial charge in [0.1, 0.15) is 5.75 Å². The highest BCUT2D eigenvalue weighted by Gasteiger charge is 2.17. The van der Waals surface area contributed by atoms with Crippen LogP contribution in [0.1, 0.15) is 49.2 Å². The van der Waals surface area contributed by atoms with E-state index in [4.69, 9.17) is 4.74 Å². The third-order valence-corrected chi connectivity index (χ3v) is 4.07. The summed E-state index contributed by atoms with van der Waals surface area (Å²) in [5.41, 5.74) is 3.20. The Balaban J connectivity index is 2.17. The van der Waals surface area contributed by atoms with Crippen LogP contribution in [0, 0.1) is 0 Å². The zero-order valence-corrected chi connectivity index (χ0v) is 16.0. The summed E-state index contributed by atoms with van der Waals surface area (Å²) in [6.45, 7) is 8.27. The highest BCUT2D eigenvalue weighted by Crippen LogP contribution is 2.31. The van der Waals surface area contributed by atoms with Crippen molar-refractivity contribution in [1.82, 2.24) is 5.32 Å². The van der Waals surface area contributed by atoms with Crippen LogP contribution in [0.3, 0.4) is 0 Å². The van der Waals surface area contributed by atoms with E-state index in [9.17, 15) is 9.59 Å². The van der Waals surface area contributed by atoms with Gasteiger partial charge in [0, 0.05) is 19.0 Å². The summed E-state index contributed by atoms with van der Waals surface area (Å²) in [6, 6.07) is 13.0. The molecular formula is C21H26N2O3. The number of ether oxygens (including phenoxy) is 1. The lowest BCUT2D eigenvalue weighted by molar-refractivity contribution is -0.119. The fraction of sp³-hybridized carbons (Fsp3) is 0.333. The zero-order valence-electron chi connectivity index (χ0n) is 16.0. The van der Waals surface area contributed by atoms with E-state index in [0.717, 1.165) is 11.1 Å². The second-order valence-corrected chi connectivity index (χ2v) is 7.23. The molecule has 0 fully saturated rings. The van der Waals surface area contributed by atoms with Gasteiger partial charge in [0.25, 0.3) is 5.91 Å². The molecule has 5 heteroatoms. The summed E-state index contributed by atoms with van der Waals surface area (Å²) >= 11 is 0. The molecular weight excluding hydrogens is 328 g/mol. The maximum absolute atomic E-state index is 12.6. The van der Waals surface area contributed by atoms with E-state index in [1.807, 2.05) is 30.3 Å². The summed E-state index contributed by atoms with van der Waals surface area (Å²) in [5.74, 6) is 0.326. The van der Waals surface area contributed by atoms with Crippen LogP contribution in [0.15, 0.2) is 42.5 Å². The number of anilines is 1. The first-order valence-electron chi connectivity index (χ1n) is 8.54. The maximum atomic E-state index is 12.6. The summed E-state index contributed by atoms with van der Waals surface area (Å²) in [6.07, 6.45) is 0. The normalized spacial score (nSPS) is 11.0. The minimum Gasteiger partial charge on any atom is -0.495 e. The second-order valence-electron chi connectivity index (χ2n) is 7.23. The number of amides is 2. The first kappa shape index (κ1) is 19.5. The number of hydrogen-bond acceptors (Lipinski definition) is 3. The van der Waals surface area contributed by atoms with Crippen molar-refractivity contribution >= 4 is 17.5 Å². The molecule has 0 heterocycles. The molecule has 2 N–H and O–H groups in total. The van der Waals surface area contributed by atoms with Crippen molar-refractivity contribution in [2.24, 2.45) is 0 Å². The molecule has 2 amide bonds. The molecule has 0 aliphatic heterocycles. The third-order valence-electron chi connectivity index (χ3n) is 4.07. The number of hydrogen-bond donors (Lipinski definition) is 2. The van der Waals surface area contributed by atoms with Crippen molar-refractivity contribution in [2.75, 3.05) is 12.4 Å². The molecule has 2 rings (SSSR count). The van der Waals surface area contributed by atoms with Crippen LogP contribution in [-0.4, -0.2) is 18.9 Å². The molecule has 0 atom stereocenters. The standard InChI is InChI=1S/C21H26N2O3/c1-14(24)22-13-15-6-8-16(9-7-15)20(25)23-18-12-17(21(2,3)4)10-11-19(18)26-5/h6-12H,13H2,1-5H3,(H,22,24)(H,23,25). The molecule has 0 saturated heterocycles. The van der Waals surface area contributed by atoms with E-state index in [1.54, 1.807) is 19.2 Å². The Hall–Kier alpha value is -2.82. The second kappa shape index (κ2) is 8.04. The topological polar surface area (TPSA) is 67.4 Å². The number of nitrogens with one attached hydrogen (secondary N) is 2. The summed E-state index contributed by atoms with van der Waals surface area (Å²) in [4.78, 5) is 23.6. The Labute approximate surface area is 154 Å². The van der Waals surface area contributed by atoms with Gasteiger partial charge in [0.15, 0.2) is 0 Å². The van der Waals surface area contributed by atoms with Crippen molar-refractivity contribution in [3.8, 4) is 5.75 Å². The molecule has 138 valence electrons. The van der Waals surface area contributed by atoms with E-state index in [0.29, 0.717) is 23.5 Å². The Bertz CT molecular complexity index is 790. The van der Waals surface area contributed by atoms with E-state index >= 15 is 0 Å². The highest BCUT2D eigenvalue weighted by molar-refractivity contribution is 6.05. The number of carbonyl (C=O) groups excluding carboxylic acids is 2. The molecule has 0 bridgehead atoms. The van der Waals surface area contributed by atoms with Gasteiger partial charge in [0.2, 0.25) is 5.91 Å². The fourth-order valence-electron chi connectivity index (χ4n) is 2.47. The quantitative estimate of drug-likeness (QED) is 0.856. The molecule has 0 unspecified atom stereocenters. The molecule has 2 aromatic carbocycles. The average Bonchev–Trinajstić information content (AvgIpc) is 2.59. The molecule has 5 nitrogen and oxygen atoms in total. The largest absolute Gasteiger partial charge is 0.495 e. The summed E-state index contributed by atoms with van der Waals surface area (Å²) in [7, 11) is 1.58. The fourth-order valence-corrected chi connectivity index (χ4v) is 2.47. The van der Waals surface area contributed by atoms with Crippen molar-refractivity contribution in [2.45, 2.75) is 39.7 Å². The lowest BCUT2D eigenvalue weighted by Gasteiger charge is -2.21. The molecule has 0 aliphatic rings. The molecule has 26 heavy (non-hydrogen) atoms. The minimum atomic E-state index is -0.208. The van der Waals surface area contributed by atoms with E-state index < -0.39 is 0 Å². The molecule has 0 spiro atoms. The zero-order chi connectivity index (χ0) is 19.3. The number of carbonyl (C=O) groups is 2. The van der Waals surface area contributed by atoms with Gasteiger partial charge in [-0.15, -0.1) is 0 Å². The SMILES string of the molecule is COc1ccc(C(C)(C)C)cc1NC(=O)c1ccc(CNC(C)=O)cc1. The lowest BCUT2D eigenvalue weighted by Crippen LogP contribution is -2.19. The van der Waals surface area contributed by atoms with Gasteiger partial charge in [-0.1, -0.05) is 39.0 Å². The molecule has 0 saturated carbocycles. The van der Waals surface area contributed by atoms with Crippen LogP contribution in [0.25, 0.3) is 0 Å². The lowest BCUT2D eigenvalue weighted by atomic mass is 9.87. The molecule has 0 aliphatic carbocycles. The average molecular weight is 354 g/mol. The predicted octanol–water partition coefficient (Wildman–Crippen LogP) is 3.88. The van der Waals surface area contributed by atoms with Crippen LogP contribution in [0.4, 0.5) is 5.69 Å². The monoisotopic (exact) mass is 354 g/mol. The first-order valence-corrected chi connectivity index (χ1v) is 8.54. The smallest absolute Gasteiger partial charge is 0.255 e. The Kier molecular flexibility index (Phi) is 6.03. The van der Waals surface area contributed by atoms with Crippen LogP contribution in [0.2, 0.25) is 0 Å². The highest BCUT2D eigenvalue weighted by atomic mass is 16.5. The minimum absolute atomic E-state index is 0.0306. The summed E-state index contributed by atoms with van der Waals surface area (Å²) < 4.78 is 5.37. The van der Waals surface area contributed by atoms with Crippen molar-refractivity contribution in [3.05, 3.63) is 59.2 Å². The number of rotatable bonds is 5. The maximum Gasteiger partial charge on any atom is 0.255 e. The van der Waals surface area contributed by atoms with E-state index in [1.165, 1.54) is 6.92 Å². The Morgan fingerprint density at radius 2 is 1.69 bits per heavy atom. The third kappa shape index (κ3) is 5.09. The van der Waals surface area contributed by atoms with Gasteiger partial charge in [-0.2, -0.15) is 0 Å². The summed E-state index contributed by atoms with van der Waals surface area (Å²) in [5, 5.41) is 5.66. The number of methoxy groups -OCH3 is 1. The molecule has 2 aromatic rings. The van der Waals surface area contributed by atoms with Crippen molar-refractivity contribution < 1.29 is 14.3 Å². The van der Waals surface area contributed by atoms with Gasteiger partial charge in [0.05, 0.1) is 12.8 Å². The van der Waals surface area contributed by atoms with Gasteiger partial charge in [-0.25, -0.2) is 0 Å². The molecule has 0 radical (unpaired) electrons. The van der Waals surface area contributed by atoms with E-state index in [-0.39, 0.29) is 17.2 Å². The van der Waals surface area contributed by atoms with Crippen LogP contribution < -0.4 is 15.4 Å². The van der Waals surface area contributed by atoms with Gasteiger partial charge >= 0.3 is 0 Å². The van der Waals surface area contributed by atoms with Gasteiger partial charge in [-0.3, -0.25) is 9.59 Å².